The molecule has 3 rings (SSSR count). The molecule has 122 valence electrons. The van der Waals surface area contributed by atoms with Crippen LogP contribution in [0.25, 0.3) is 0 Å². The predicted molar refractivity (Wildman–Crippen MR) is 97.1 cm³/mol. The maximum Gasteiger partial charge on any atom is 0.192 e. The first-order valence-electron chi connectivity index (χ1n) is 8.77. The first kappa shape index (κ1) is 16.1. The molecule has 0 bridgehead atoms. The number of nitrogens with two attached hydrogens (primary N) is 1. The maximum atomic E-state index is 6.56. The van der Waals surface area contributed by atoms with Gasteiger partial charge in [-0.15, -0.1) is 0 Å². The molecule has 0 radical (unpaired) electrons. The van der Waals surface area contributed by atoms with Crippen LogP contribution in [0.2, 0.25) is 18.1 Å². The number of aryl methyl sites for hydroxylation is 2. The molecule has 2 aliphatic rings. The average Bonchev–Trinajstić information content (AvgIpc) is 3.02. The molecule has 0 heterocycles. The molecule has 2 nitrogen and oxygen atoms in total. The van der Waals surface area contributed by atoms with Gasteiger partial charge in [0.1, 0.15) is 0 Å². The van der Waals surface area contributed by atoms with Crippen molar-refractivity contribution < 1.29 is 4.43 Å². The van der Waals surface area contributed by atoms with Crippen LogP contribution in [-0.4, -0.2) is 14.9 Å². The summed E-state index contributed by atoms with van der Waals surface area (Å²) in [4.78, 5) is 0. The first-order valence-corrected chi connectivity index (χ1v) is 11.7. The maximum absolute atomic E-state index is 6.56. The van der Waals surface area contributed by atoms with Crippen molar-refractivity contribution in [3.05, 3.63) is 28.3 Å². The largest absolute Gasteiger partial charge is 0.416 e. The second kappa shape index (κ2) is 5.38. The molecule has 1 aromatic carbocycles. The monoisotopic (exact) mass is 317 g/mol. The molecule has 0 amide bonds. The molecular formula is C19H31NOSi. The fourth-order valence-corrected chi connectivity index (χ4v) is 4.76. The highest BCUT2D eigenvalue weighted by Gasteiger charge is 2.38. The SMILES string of the molecule is CC(C)(C)[Si](C)(C)OCC1CCc2cc3c(c(N)c21)CCC3. The van der Waals surface area contributed by atoms with Gasteiger partial charge in [-0.05, 0) is 72.5 Å². The minimum absolute atomic E-state index is 0.276. The lowest BCUT2D eigenvalue weighted by atomic mass is 9.95. The number of hydrogen-bond donors (Lipinski definition) is 1. The van der Waals surface area contributed by atoms with E-state index in [1.807, 2.05) is 0 Å². The van der Waals surface area contributed by atoms with Gasteiger partial charge in [0.2, 0.25) is 0 Å². The molecule has 0 aliphatic heterocycles. The van der Waals surface area contributed by atoms with E-state index in [1.54, 1.807) is 0 Å². The predicted octanol–water partition coefficient (Wildman–Crippen LogP) is 4.81. The zero-order valence-electron chi connectivity index (χ0n) is 14.9. The average molecular weight is 318 g/mol. The van der Waals surface area contributed by atoms with Crippen molar-refractivity contribution in [3.8, 4) is 0 Å². The summed E-state index contributed by atoms with van der Waals surface area (Å²) < 4.78 is 6.49. The third-order valence-electron chi connectivity index (χ3n) is 6.19. The van der Waals surface area contributed by atoms with Crippen molar-refractivity contribution >= 4 is 14.0 Å². The fraction of sp³-hybridized carbons (Fsp3) is 0.684. The first-order chi connectivity index (χ1) is 10.2. The summed E-state index contributed by atoms with van der Waals surface area (Å²) in [6.07, 6.45) is 6.05. The van der Waals surface area contributed by atoms with Crippen LogP contribution in [-0.2, 0) is 23.7 Å². The minimum atomic E-state index is -1.67. The number of hydrogen-bond acceptors (Lipinski definition) is 2. The molecule has 22 heavy (non-hydrogen) atoms. The summed E-state index contributed by atoms with van der Waals surface area (Å²) in [7, 11) is -1.67. The van der Waals surface area contributed by atoms with Crippen molar-refractivity contribution in [2.24, 2.45) is 0 Å². The third kappa shape index (κ3) is 2.63. The van der Waals surface area contributed by atoms with E-state index in [1.165, 1.54) is 54.4 Å². The second-order valence-electron chi connectivity index (χ2n) is 8.66. The van der Waals surface area contributed by atoms with Gasteiger partial charge in [0.25, 0.3) is 0 Å². The Hall–Kier alpha value is -0.803. The number of benzene rings is 1. The summed E-state index contributed by atoms with van der Waals surface area (Å²) >= 11 is 0. The summed E-state index contributed by atoms with van der Waals surface area (Å²) in [5, 5.41) is 0.276. The smallest absolute Gasteiger partial charge is 0.192 e. The van der Waals surface area contributed by atoms with E-state index in [0.717, 1.165) is 12.3 Å². The van der Waals surface area contributed by atoms with Gasteiger partial charge >= 0.3 is 0 Å². The van der Waals surface area contributed by atoms with E-state index in [9.17, 15) is 0 Å². The van der Waals surface area contributed by atoms with Crippen LogP contribution in [0, 0.1) is 0 Å². The van der Waals surface area contributed by atoms with E-state index in [2.05, 4.69) is 39.9 Å². The van der Waals surface area contributed by atoms with Crippen LogP contribution in [0.4, 0.5) is 5.69 Å². The van der Waals surface area contributed by atoms with Gasteiger partial charge in [-0.3, -0.25) is 0 Å². The van der Waals surface area contributed by atoms with Crippen LogP contribution in [0.1, 0.15) is 61.8 Å². The lowest BCUT2D eigenvalue weighted by Crippen LogP contribution is -2.41. The second-order valence-corrected chi connectivity index (χ2v) is 13.5. The number of rotatable bonds is 3. The Morgan fingerprint density at radius 2 is 1.91 bits per heavy atom. The van der Waals surface area contributed by atoms with Crippen LogP contribution in [0.5, 0.6) is 0 Å². The molecule has 1 atom stereocenters. The van der Waals surface area contributed by atoms with E-state index in [-0.39, 0.29) is 5.04 Å². The molecule has 0 saturated heterocycles. The van der Waals surface area contributed by atoms with Crippen LogP contribution >= 0.6 is 0 Å². The van der Waals surface area contributed by atoms with Crippen LogP contribution in [0.15, 0.2) is 6.07 Å². The summed E-state index contributed by atoms with van der Waals surface area (Å²) in [5.74, 6) is 0.509. The molecule has 0 fully saturated rings. The fourth-order valence-electron chi connectivity index (χ4n) is 3.71. The van der Waals surface area contributed by atoms with Crippen molar-refractivity contribution in [1.29, 1.82) is 0 Å². The Kier molecular flexibility index (Phi) is 3.93. The Labute approximate surface area is 136 Å². The van der Waals surface area contributed by atoms with Gasteiger partial charge in [0, 0.05) is 18.2 Å². The van der Waals surface area contributed by atoms with E-state index < -0.39 is 8.32 Å². The third-order valence-corrected chi connectivity index (χ3v) is 10.7. The molecule has 2 aliphatic carbocycles. The van der Waals surface area contributed by atoms with E-state index in [4.69, 9.17) is 10.2 Å². The summed E-state index contributed by atoms with van der Waals surface area (Å²) in [6.45, 7) is 12.5. The molecule has 0 spiro atoms. The molecule has 1 unspecified atom stereocenters. The normalized spacial score (nSPS) is 21.0. The Bertz CT molecular complexity index is 586. The molecular weight excluding hydrogens is 286 g/mol. The quantitative estimate of drug-likeness (QED) is 0.641. The van der Waals surface area contributed by atoms with Crippen LogP contribution in [0.3, 0.4) is 0 Å². The molecule has 3 heteroatoms. The van der Waals surface area contributed by atoms with Crippen molar-refractivity contribution in [3.63, 3.8) is 0 Å². The van der Waals surface area contributed by atoms with Gasteiger partial charge in [-0.2, -0.15) is 0 Å². The van der Waals surface area contributed by atoms with Crippen molar-refractivity contribution in [2.75, 3.05) is 12.3 Å². The number of anilines is 1. The summed E-state index contributed by atoms with van der Waals surface area (Å²) in [5.41, 5.74) is 13.6. The number of nitrogen functional groups attached to an aromatic ring is 1. The Morgan fingerprint density at radius 1 is 1.18 bits per heavy atom. The zero-order chi connectivity index (χ0) is 16.1. The van der Waals surface area contributed by atoms with Gasteiger partial charge in [0.05, 0.1) is 0 Å². The topological polar surface area (TPSA) is 35.2 Å². The lowest BCUT2D eigenvalue weighted by molar-refractivity contribution is 0.262. The highest BCUT2D eigenvalue weighted by molar-refractivity contribution is 6.74. The summed E-state index contributed by atoms with van der Waals surface area (Å²) in [6, 6.07) is 2.44. The molecule has 0 saturated carbocycles. The van der Waals surface area contributed by atoms with Crippen molar-refractivity contribution in [1.82, 2.24) is 0 Å². The zero-order valence-corrected chi connectivity index (χ0v) is 15.9. The van der Waals surface area contributed by atoms with Gasteiger partial charge in [0.15, 0.2) is 8.32 Å². The standard InChI is InChI=1S/C19H31NOSi/c1-19(2,3)22(4,5)21-12-15-10-9-14-11-13-7-6-8-16(13)18(20)17(14)15/h11,15H,6-10,12,20H2,1-5H3. The Morgan fingerprint density at radius 3 is 2.59 bits per heavy atom. The highest BCUT2D eigenvalue weighted by Crippen LogP contribution is 2.44. The molecule has 1 aromatic rings. The molecule has 0 aromatic heterocycles. The highest BCUT2D eigenvalue weighted by atomic mass is 28.4. The van der Waals surface area contributed by atoms with Crippen molar-refractivity contribution in [2.45, 2.75) is 76.9 Å². The van der Waals surface area contributed by atoms with E-state index in [0.29, 0.717) is 5.92 Å². The Balaban J connectivity index is 1.81. The van der Waals surface area contributed by atoms with Crippen LogP contribution < -0.4 is 5.73 Å². The lowest BCUT2D eigenvalue weighted by Gasteiger charge is -2.37. The van der Waals surface area contributed by atoms with Gasteiger partial charge < -0.3 is 10.2 Å². The minimum Gasteiger partial charge on any atom is -0.416 e. The van der Waals surface area contributed by atoms with E-state index >= 15 is 0 Å². The van der Waals surface area contributed by atoms with Gasteiger partial charge in [-0.1, -0.05) is 26.8 Å². The van der Waals surface area contributed by atoms with Gasteiger partial charge in [-0.25, -0.2) is 0 Å². The molecule has 2 N–H and O–H groups in total. The number of fused-ring (bicyclic) bond motifs is 2.